The van der Waals surface area contributed by atoms with Crippen LogP contribution in [0.15, 0.2) is 35.3 Å². The average Bonchev–Trinajstić information content (AvgIpc) is 3.10. The highest BCUT2D eigenvalue weighted by Gasteiger charge is 2.39. The third-order valence-corrected chi connectivity index (χ3v) is 4.65. The first-order valence-electron chi connectivity index (χ1n) is 7.64. The van der Waals surface area contributed by atoms with Crippen LogP contribution in [0, 0.1) is 0 Å². The van der Waals surface area contributed by atoms with Crippen LogP contribution < -0.4 is 21.5 Å². The number of nitrogens with one attached hydrogen (secondary N) is 4. The first kappa shape index (κ1) is 13.3. The van der Waals surface area contributed by atoms with Gasteiger partial charge in [-0.15, -0.1) is 0 Å². The van der Waals surface area contributed by atoms with Crippen LogP contribution in [0.4, 0.5) is 10.5 Å². The third kappa shape index (κ3) is 2.35. The van der Waals surface area contributed by atoms with E-state index in [-0.39, 0.29) is 17.6 Å². The number of hydrogen-bond acceptors (Lipinski definition) is 3. The number of carbonyl (C=O) groups is 1. The van der Waals surface area contributed by atoms with Crippen molar-refractivity contribution in [3.05, 3.63) is 40.8 Å². The van der Waals surface area contributed by atoms with Gasteiger partial charge in [-0.3, -0.25) is 4.79 Å². The summed E-state index contributed by atoms with van der Waals surface area (Å²) in [5.74, 6) is 0. The van der Waals surface area contributed by atoms with Crippen molar-refractivity contribution < 1.29 is 4.79 Å². The van der Waals surface area contributed by atoms with Crippen LogP contribution in [0.25, 0.3) is 10.8 Å². The van der Waals surface area contributed by atoms with Crippen molar-refractivity contribution in [3.63, 3.8) is 0 Å². The van der Waals surface area contributed by atoms with Crippen molar-refractivity contribution in [2.75, 3.05) is 5.32 Å². The number of benzene rings is 1. The van der Waals surface area contributed by atoms with E-state index in [2.05, 4.69) is 20.9 Å². The second kappa shape index (κ2) is 5.14. The Bertz CT molecular complexity index is 785. The fourth-order valence-corrected chi connectivity index (χ4v) is 3.59. The molecular weight excluding hydrogens is 280 g/mol. The van der Waals surface area contributed by atoms with E-state index in [0.717, 1.165) is 18.2 Å². The molecular formula is C16H18N4O2. The lowest BCUT2D eigenvalue weighted by atomic mass is 9.96. The van der Waals surface area contributed by atoms with Gasteiger partial charge in [0.15, 0.2) is 0 Å². The lowest BCUT2D eigenvalue weighted by Gasteiger charge is -2.21. The van der Waals surface area contributed by atoms with Crippen LogP contribution in [0.5, 0.6) is 0 Å². The summed E-state index contributed by atoms with van der Waals surface area (Å²) in [6.45, 7) is 0. The smallest absolute Gasteiger partial charge is 0.319 e. The lowest BCUT2D eigenvalue weighted by molar-refractivity contribution is 0.246. The molecule has 114 valence electrons. The van der Waals surface area contributed by atoms with Gasteiger partial charge in [-0.25, -0.2) is 4.79 Å². The van der Waals surface area contributed by atoms with Gasteiger partial charge in [0.25, 0.3) is 5.56 Å². The summed E-state index contributed by atoms with van der Waals surface area (Å²) in [5, 5.41) is 10.8. The molecule has 3 atom stereocenters. The zero-order valence-corrected chi connectivity index (χ0v) is 12.1. The summed E-state index contributed by atoms with van der Waals surface area (Å²) >= 11 is 0. The molecule has 1 aromatic carbocycles. The number of rotatable bonds is 2. The van der Waals surface area contributed by atoms with Crippen molar-refractivity contribution in [1.29, 1.82) is 0 Å². The minimum absolute atomic E-state index is 0.124. The predicted octanol–water partition coefficient (Wildman–Crippen LogP) is 1.54. The molecule has 22 heavy (non-hydrogen) atoms. The van der Waals surface area contributed by atoms with Gasteiger partial charge in [-0.2, -0.15) is 0 Å². The van der Waals surface area contributed by atoms with Crippen LogP contribution >= 0.6 is 0 Å². The molecule has 4 N–H and O–H groups in total. The lowest BCUT2D eigenvalue weighted by Crippen LogP contribution is -2.44. The summed E-state index contributed by atoms with van der Waals surface area (Å²) in [5.41, 5.74) is 0.563. The number of carbonyl (C=O) groups excluding carboxylic acids is 1. The van der Waals surface area contributed by atoms with Gasteiger partial charge in [-0.1, -0.05) is 0 Å². The van der Waals surface area contributed by atoms with Crippen LogP contribution in [-0.4, -0.2) is 29.1 Å². The van der Waals surface area contributed by atoms with E-state index in [1.54, 1.807) is 18.3 Å². The van der Waals surface area contributed by atoms with Crippen molar-refractivity contribution in [2.24, 2.45) is 0 Å². The van der Waals surface area contributed by atoms with Crippen LogP contribution in [0.2, 0.25) is 0 Å². The minimum atomic E-state index is -0.191. The summed E-state index contributed by atoms with van der Waals surface area (Å²) in [6.07, 6.45) is 4.96. The average molecular weight is 298 g/mol. The molecule has 1 aromatic heterocycles. The number of pyridine rings is 1. The summed E-state index contributed by atoms with van der Waals surface area (Å²) in [7, 11) is 0. The Morgan fingerprint density at radius 2 is 2.14 bits per heavy atom. The van der Waals surface area contributed by atoms with Gasteiger partial charge in [0, 0.05) is 35.4 Å². The Kier molecular flexibility index (Phi) is 3.11. The molecule has 2 aliphatic heterocycles. The first-order chi connectivity index (χ1) is 10.7. The highest BCUT2D eigenvalue weighted by atomic mass is 16.2. The fraction of sp³-hybridized carbons (Fsp3) is 0.375. The maximum Gasteiger partial charge on any atom is 0.319 e. The molecule has 3 heterocycles. The molecule has 2 fully saturated rings. The van der Waals surface area contributed by atoms with E-state index in [4.69, 9.17) is 0 Å². The number of H-pyrrole nitrogens is 1. The standard InChI is InChI=1S/C16H18N4O2/c21-15-12-3-1-10(7-9(12)5-6-17-15)19-16(22)20-14-8-11-2-4-13(14)18-11/h1,3,5-7,11,13-14,18H,2,4,8H2,(H,17,21)(H2,19,20,22)/t11-,13+,14-/m1/s1. The van der Waals surface area contributed by atoms with Crippen molar-refractivity contribution in [1.82, 2.24) is 15.6 Å². The van der Waals surface area contributed by atoms with Gasteiger partial charge in [0.1, 0.15) is 0 Å². The Balaban J connectivity index is 1.46. The maximum atomic E-state index is 12.1. The molecule has 0 unspecified atom stereocenters. The Hall–Kier alpha value is -2.34. The second-order valence-corrected chi connectivity index (χ2v) is 6.10. The number of fused-ring (bicyclic) bond motifs is 3. The zero-order chi connectivity index (χ0) is 15.1. The molecule has 0 spiro atoms. The number of aromatic amines is 1. The fourth-order valence-electron chi connectivity index (χ4n) is 3.59. The predicted molar refractivity (Wildman–Crippen MR) is 85.1 cm³/mol. The number of aromatic nitrogens is 1. The maximum absolute atomic E-state index is 12.1. The quantitative estimate of drug-likeness (QED) is 0.678. The van der Waals surface area contributed by atoms with Crippen LogP contribution in [0.3, 0.4) is 0 Å². The van der Waals surface area contributed by atoms with E-state index < -0.39 is 0 Å². The van der Waals surface area contributed by atoms with Crippen molar-refractivity contribution in [3.8, 4) is 0 Å². The highest BCUT2D eigenvalue weighted by molar-refractivity contribution is 5.93. The number of amides is 2. The van der Waals surface area contributed by atoms with E-state index >= 15 is 0 Å². The molecule has 0 aliphatic carbocycles. The zero-order valence-electron chi connectivity index (χ0n) is 12.1. The molecule has 2 amide bonds. The SMILES string of the molecule is O=C(Nc1ccc2c(=O)[nH]ccc2c1)N[C@@H]1C[C@H]2CC[C@@H]1N2. The van der Waals surface area contributed by atoms with Gasteiger partial charge >= 0.3 is 6.03 Å². The molecule has 0 radical (unpaired) electrons. The largest absolute Gasteiger partial charge is 0.334 e. The van der Waals surface area contributed by atoms with E-state index in [9.17, 15) is 9.59 Å². The van der Waals surface area contributed by atoms with Gasteiger partial charge in [0.05, 0.1) is 0 Å². The Morgan fingerprint density at radius 3 is 2.91 bits per heavy atom. The normalized spacial score (nSPS) is 26.3. The second-order valence-electron chi connectivity index (χ2n) is 6.10. The first-order valence-corrected chi connectivity index (χ1v) is 7.64. The summed E-state index contributed by atoms with van der Waals surface area (Å²) in [4.78, 5) is 26.4. The molecule has 2 aromatic rings. The summed E-state index contributed by atoms with van der Waals surface area (Å²) < 4.78 is 0. The van der Waals surface area contributed by atoms with Gasteiger partial charge in [0.2, 0.25) is 0 Å². The highest BCUT2D eigenvalue weighted by Crippen LogP contribution is 2.28. The van der Waals surface area contributed by atoms with Crippen molar-refractivity contribution in [2.45, 2.75) is 37.4 Å². The molecule has 6 heteroatoms. The van der Waals surface area contributed by atoms with Gasteiger partial charge in [-0.05, 0) is 48.9 Å². The van der Waals surface area contributed by atoms with Crippen LogP contribution in [0.1, 0.15) is 19.3 Å². The monoisotopic (exact) mass is 298 g/mol. The van der Waals surface area contributed by atoms with E-state index in [1.165, 1.54) is 6.42 Å². The number of urea groups is 1. The molecule has 0 saturated carbocycles. The van der Waals surface area contributed by atoms with Gasteiger partial charge < -0.3 is 20.9 Å². The molecule has 4 rings (SSSR count). The van der Waals surface area contributed by atoms with Crippen molar-refractivity contribution >= 4 is 22.5 Å². The Labute approximate surface area is 127 Å². The minimum Gasteiger partial charge on any atom is -0.334 e. The molecule has 2 aliphatic rings. The Morgan fingerprint density at radius 1 is 1.23 bits per heavy atom. The summed E-state index contributed by atoms with van der Waals surface area (Å²) in [6, 6.07) is 8.08. The molecule has 6 nitrogen and oxygen atoms in total. The number of anilines is 1. The van der Waals surface area contributed by atoms with Crippen LogP contribution in [-0.2, 0) is 0 Å². The van der Waals surface area contributed by atoms with E-state index in [0.29, 0.717) is 23.2 Å². The topological polar surface area (TPSA) is 86.0 Å². The third-order valence-electron chi connectivity index (χ3n) is 4.65. The molecule has 2 bridgehead atoms. The van der Waals surface area contributed by atoms with E-state index in [1.807, 2.05) is 12.1 Å². The number of hydrogen-bond donors (Lipinski definition) is 4. The molecule has 2 saturated heterocycles.